The molecule has 0 atom stereocenters. The summed E-state index contributed by atoms with van der Waals surface area (Å²) in [7, 11) is 0. The van der Waals surface area contributed by atoms with Gasteiger partial charge in [0.15, 0.2) is 0 Å². The fourth-order valence-electron chi connectivity index (χ4n) is 4.29. The molecule has 0 fully saturated rings. The van der Waals surface area contributed by atoms with E-state index in [1.54, 1.807) is 0 Å². The minimum absolute atomic E-state index is 0.0639. The van der Waals surface area contributed by atoms with Crippen molar-refractivity contribution in [1.82, 2.24) is 15.0 Å². The number of rotatable bonds is 7. The average molecular weight is 425 g/mol. The molecule has 4 nitrogen and oxygen atoms in total. The van der Waals surface area contributed by atoms with Crippen molar-refractivity contribution in [3.8, 4) is 11.4 Å². The number of aliphatic imine (C=N–C) groups is 1. The van der Waals surface area contributed by atoms with E-state index in [9.17, 15) is 0 Å². The topological polar surface area (TPSA) is 51.0 Å². The quantitative estimate of drug-likeness (QED) is 0.424. The van der Waals surface area contributed by atoms with Crippen LogP contribution in [0.5, 0.6) is 0 Å². The molecule has 1 aliphatic heterocycles. The lowest BCUT2D eigenvalue weighted by atomic mass is 9.74. The zero-order valence-electron chi connectivity index (χ0n) is 19.6. The van der Waals surface area contributed by atoms with Crippen molar-refractivity contribution in [2.45, 2.75) is 59.8 Å². The summed E-state index contributed by atoms with van der Waals surface area (Å²) in [5.74, 6) is 0. The van der Waals surface area contributed by atoms with Crippen LogP contribution in [0.1, 0.15) is 69.5 Å². The van der Waals surface area contributed by atoms with Gasteiger partial charge in [-0.2, -0.15) is 0 Å². The molecule has 0 amide bonds. The molecular weight excluding hydrogens is 392 g/mol. The van der Waals surface area contributed by atoms with Crippen LogP contribution in [0.4, 0.5) is 0 Å². The SMILES string of the molecule is CCc1ccnc(-c2cc(CC)cc(C3=NC(c4ccccn4)=CC(CC)(CC)C3)n2)c1. The summed E-state index contributed by atoms with van der Waals surface area (Å²) >= 11 is 0. The van der Waals surface area contributed by atoms with E-state index in [0.717, 1.165) is 66.3 Å². The van der Waals surface area contributed by atoms with Gasteiger partial charge in [0, 0.05) is 18.8 Å². The van der Waals surface area contributed by atoms with Crippen LogP contribution in [0, 0.1) is 5.41 Å². The second-order valence-electron chi connectivity index (χ2n) is 8.55. The maximum absolute atomic E-state index is 5.09. The summed E-state index contributed by atoms with van der Waals surface area (Å²) in [5.41, 5.74) is 8.30. The van der Waals surface area contributed by atoms with E-state index in [4.69, 9.17) is 9.98 Å². The average Bonchev–Trinajstić information content (AvgIpc) is 2.88. The van der Waals surface area contributed by atoms with Gasteiger partial charge in [0.25, 0.3) is 0 Å². The predicted octanol–water partition coefficient (Wildman–Crippen LogP) is 6.70. The molecule has 0 spiro atoms. The van der Waals surface area contributed by atoms with Crippen molar-refractivity contribution < 1.29 is 0 Å². The Morgan fingerprint density at radius 3 is 2.16 bits per heavy atom. The monoisotopic (exact) mass is 424 g/mol. The van der Waals surface area contributed by atoms with Gasteiger partial charge < -0.3 is 0 Å². The molecule has 0 N–H and O–H groups in total. The van der Waals surface area contributed by atoms with Gasteiger partial charge in [-0.1, -0.05) is 33.8 Å². The van der Waals surface area contributed by atoms with Crippen molar-refractivity contribution in [1.29, 1.82) is 0 Å². The molecular formula is C28H32N4. The molecule has 4 heteroatoms. The molecule has 4 heterocycles. The Bertz CT molecular complexity index is 1140. The Labute approximate surface area is 191 Å². The van der Waals surface area contributed by atoms with E-state index >= 15 is 0 Å². The number of nitrogens with zero attached hydrogens (tertiary/aromatic N) is 4. The number of hydrogen-bond donors (Lipinski definition) is 0. The highest BCUT2D eigenvalue weighted by Crippen LogP contribution is 2.40. The highest BCUT2D eigenvalue weighted by Gasteiger charge is 2.31. The fourth-order valence-corrected chi connectivity index (χ4v) is 4.29. The molecule has 164 valence electrons. The Kier molecular flexibility index (Phi) is 6.59. The highest BCUT2D eigenvalue weighted by atomic mass is 14.9. The Morgan fingerprint density at radius 2 is 1.47 bits per heavy atom. The molecule has 3 aromatic rings. The molecule has 3 aromatic heterocycles. The van der Waals surface area contributed by atoms with Crippen LogP contribution in [-0.2, 0) is 12.8 Å². The summed E-state index contributed by atoms with van der Waals surface area (Å²) < 4.78 is 0. The third-order valence-electron chi connectivity index (χ3n) is 6.64. The maximum atomic E-state index is 5.09. The summed E-state index contributed by atoms with van der Waals surface area (Å²) in [6.07, 6.45) is 11.0. The van der Waals surface area contributed by atoms with Crippen LogP contribution in [0.2, 0.25) is 0 Å². The van der Waals surface area contributed by atoms with Gasteiger partial charge >= 0.3 is 0 Å². The van der Waals surface area contributed by atoms with Gasteiger partial charge in [0.1, 0.15) is 0 Å². The summed E-state index contributed by atoms with van der Waals surface area (Å²) in [4.78, 5) is 19.4. The lowest BCUT2D eigenvalue weighted by molar-refractivity contribution is 0.365. The van der Waals surface area contributed by atoms with Crippen LogP contribution in [0.15, 0.2) is 65.9 Å². The van der Waals surface area contributed by atoms with Crippen molar-refractivity contribution in [2.75, 3.05) is 0 Å². The van der Waals surface area contributed by atoms with Crippen LogP contribution in [0.25, 0.3) is 17.1 Å². The van der Waals surface area contributed by atoms with E-state index in [-0.39, 0.29) is 5.41 Å². The maximum Gasteiger partial charge on any atom is 0.0897 e. The lowest BCUT2D eigenvalue weighted by Crippen LogP contribution is -2.26. The van der Waals surface area contributed by atoms with Crippen LogP contribution >= 0.6 is 0 Å². The van der Waals surface area contributed by atoms with Crippen LogP contribution in [-0.4, -0.2) is 20.7 Å². The van der Waals surface area contributed by atoms with E-state index in [1.165, 1.54) is 11.1 Å². The molecule has 0 saturated carbocycles. The number of allylic oxidation sites excluding steroid dienone is 1. The molecule has 0 saturated heterocycles. The van der Waals surface area contributed by atoms with Crippen LogP contribution < -0.4 is 0 Å². The van der Waals surface area contributed by atoms with Crippen molar-refractivity contribution >= 4 is 11.4 Å². The summed E-state index contributed by atoms with van der Waals surface area (Å²) in [5, 5.41) is 0. The van der Waals surface area contributed by atoms with Gasteiger partial charge in [-0.25, -0.2) is 9.98 Å². The number of aromatic nitrogens is 3. The smallest absolute Gasteiger partial charge is 0.0897 e. The van der Waals surface area contributed by atoms with Crippen molar-refractivity contribution in [2.24, 2.45) is 10.4 Å². The molecule has 0 aliphatic carbocycles. The van der Waals surface area contributed by atoms with Gasteiger partial charge in [0.05, 0.1) is 34.2 Å². The first-order valence-electron chi connectivity index (χ1n) is 11.8. The molecule has 0 radical (unpaired) electrons. The first kappa shape index (κ1) is 22.1. The van der Waals surface area contributed by atoms with Gasteiger partial charge in [-0.3, -0.25) is 9.97 Å². The largest absolute Gasteiger partial charge is 0.255 e. The molecule has 1 aliphatic rings. The van der Waals surface area contributed by atoms with Crippen LogP contribution in [0.3, 0.4) is 0 Å². The normalized spacial score (nSPS) is 15.2. The lowest BCUT2D eigenvalue weighted by Gasteiger charge is -2.32. The van der Waals surface area contributed by atoms with E-state index in [2.05, 4.69) is 68.0 Å². The molecule has 4 rings (SSSR count). The van der Waals surface area contributed by atoms with E-state index in [0.29, 0.717) is 0 Å². The first-order chi connectivity index (χ1) is 15.6. The third kappa shape index (κ3) is 4.55. The fraction of sp³-hybridized carbons (Fsp3) is 0.357. The minimum Gasteiger partial charge on any atom is -0.255 e. The molecule has 0 bridgehead atoms. The number of aryl methyl sites for hydroxylation is 2. The van der Waals surface area contributed by atoms with E-state index < -0.39 is 0 Å². The minimum atomic E-state index is 0.0639. The van der Waals surface area contributed by atoms with E-state index in [1.807, 2.05) is 30.6 Å². The predicted molar refractivity (Wildman–Crippen MR) is 133 cm³/mol. The summed E-state index contributed by atoms with van der Waals surface area (Å²) in [6.45, 7) is 8.88. The Hall–Kier alpha value is -3.14. The zero-order chi connectivity index (χ0) is 22.6. The molecule has 0 aromatic carbocycles. The summed E-state index contributed by atoms with van der Waals surface area (Å²) in [6, 6.07) is 14.6. The third-order valence-corrected chi connectivity index (χ3v) is 6.64. The molecule has 32 heavy (non-hydrogen) atoms. The second kappa shape index (κ2) is 9.56. The molecule has 0 unspecified atom stereocenters. The number of hydrogen-bond acceptors (Lipinski definition) is 4. The Balaban J connectivity index is 1.84. The Morgan fingerprint density at radius 1 is 0.750 bits per heavy atom. The van der Waals surface area contributed by atoms with Crippen molar-refractivity contribution in [3.63, 3.8) is 0 Å². The van der Waals surface area contributed by atoms with Gasteiger partial charge in [-0.15, -0.1) is 0 Å². The number of pyridine rings is 3. The first-order valence-corrected chi connectivity index (χ1v) is 11.8. The standard InChI is InChI=1S/C28H32N4/c1-5-20-12-14-30-23(15-20)24-16-21(6-2)17-25(31-24)27-19-28(7-3,8-4)18-26(32-27)22-11-9-10-13-29-22/h9-18H,5-8,19H2,1-4H3. The van der Waals surface area contributed by atoms with Gasteiger partial charge in [-0.05, 0) is 84.7 Å². The highest BCUT2D eigenvalue weighted by molar-refractivity contribution is 6.04. The second-order valence-corrected chi connectivity index (χ2v) is 8.55. The zero-order valence-corrected chi connectivity index (χ0v) is 19.6. The van der Waals surface area contributed by atoms with Gasteiger partial charge in [0.2, 0.25) is 0 Å². The van der Waals surface area contributed by atoms with Crippen molar-refractivity contribution in [3.05, 3.63) is 83.4 Å².